The van der Waals surface area contributed by atoms with Crippen LogP contribution in [-0.2, 0) is 22.5 Å². The van der Waals surface area contributed by atoms with Gasteiger partial charge in [0.2, 0.25) is 0 Å². The molecule has 2 N–H and O–H groups in total. The number of benzene rings is 1. The molecular formula is C14H21NO3. The van der Waals surface area contributed by atoms with Crippen molar-refractivity contribution in [2.45, 2.75) is 32.4 Å². The van der Waals surface area contributed by atoms with E-state index < -0.39 is 5.97 Å². The number of carboxylic acids is 1. The SMILES string of the molecule is COCCC(C)NCc1ccc(CC(=O)O)cc1. The van der Waals surface area contributed by atoms with Crippen molar-refractivity contribution in [2.75, 3.05) is 13.7 Å². The highest BCUT2D eigenvalue weighted by Crippen LogP contribution is 2.06. The zero-order valence-corrected chi connectivity index (χ0v) is 11.0. The second-order valence-corrected chi connectivity index (χ2v) is 4.45. The Hall–Kier alpha value is -1.39. The third-order valence-electron chi connectivity index (χ3n) is 2.79. The Labute approximate surface area is 108 Å². The van der Waals surface area contributed by atoms with E-state index in [1.165, 1.54) is 0 Å². The van der Waals surface area contributed by atoms with Crippen LogP contribution in [0.4, 0.5) is 0 Å². The Balaban J connectivity index is 2.36. The van der Waals surface area contributed by atoms with E-state index in [1.807, 2.05) is 24.3 Å². The highest BCUT2D eigenvalue weighted by molar-refractivity contribution is 5.70. The van der Waals surface area contributed by atoms with Gasteiger partial charge in [0.05, 0.1) is 6.42 Å². The van der Waals surface area contributed by atoms with Gasteiger partial charge in [-0.2, -0.15) is 0 Å². The van der Waals surface area contributed by atoms with E-state index in [4.69, 9.17) is 9.84 Å². The Kier molecular flexibility index (Phi) is 6.39. The normalized spacial score (nSPS) is 12.3. The number of hydrogen-bond acceptors (Lipinski definition) is 3. The third-order valence-corrected chi connectivity index (χ3v) is 2.79. The van der Waals surface area contributed by atoms with Gasteiger partial charge in [-0.1, -0.05) is 24.3 Å². The minimum absolute atomic E-state index is 0.0813. The van der Waals surface area contributed by atoms with Crippen LogP contribution >= 0.6 is 0 Å². The number of aliphatic carboxylic acids is 1. The largest absolute Gasteiger partial charge is 0.481 e. The summed E-state index contributed by atoms with van der Waals surface area (Å²) in [6.07, 6.45) is 1.06. The van der Waals surface area contributed by atoms with Crippen LogP contribution in [0.3, 0.4) is 0 Å². The van der Waals surface area contributed by atoms with Crippen molar-refractivity contribution in [2.24, 2.45) is 0 Å². The topological polar surface area (TPSA) is 58.6 Å². The molecular weight excluding hydrogens is 230 g/mol. The van der Waals surface area contributed by atoms with Crippen LogP contribution < -0.4 is 5.32 Å². The minimum atomic E-state index is -0.797. The van der Waals surface area contributed by atoms with Crippen LogP contribution in [0.2, 0.25) is 0 Å². The predicted octanol–water partition coefficient (Wildman–Crippen LogP) is 1.83. The summed E-state index contributed by atoms with van der Waals surface area (Å²) in [5.41, 5.74) is 1.99. The van der Waals surface area contributed by atoms with Gasteiger partial charge in [-0.25, -0.2) is 0 Å². The van der Waals surface area contributed by atoms with Gasteiger partial charge in [-0.3, -0.25) is 4.79 Å². The van der Waals surface area contributed by atoms with E-state index in [-0.39, 0.29) is 6.42 Å². The molecule has 0 bridgehead atoms. The molecule has 0 saturated carbocycles. The first-order valence-electron chi connectivity index (χ1n) is 6.13. The van der Waals surface area contributed by atoms with Crippen molar-refractivity contribution in [1.82, 2.24) is 5.32 Å². The standard InChI is InChI=1S/C14H21NO3/c1-11(7-8-18-2)15-10-13-5-3-12(4-6-13)9-14(16)17/h3-6,11,15H,7-10H2,1-2H3,(H,16,17). The van der Waals surface area contributed by atoms with Crippen LogP contribution in [0.1, 0.15) is 24.5 Å². The molecule has 0 aromatic heterocycles. The number of nitrogens with one attached hydrogen (secondary N) is 1. The van der Waals surface area contributed by atoms with Crippen molar-refractivity contribution in [1.29, 1.82) is 0 Å². The molecule has 4 heteroatoms. The second kappa shape index (κ2) is 7.84. The minimum Gasteiger partial charge on any atom is -0.481 e. The molecule has 0 saturated heterocycles. The van der Waals surface area contributed by atoms with Crippen molar-refractivity contribution in [3.63, 3.8) is 0 Å². The molecule has 0 spiro atoms. The van der Waals surface area contributed by atoms with Crippen LogP contribution in [0.25, 0.3) is 0 Å². The van der Waals surface area contributed by atoms with Gasteiger partial charge in [0.1, 0.15) is 0 Å². The second-order valence-electron chi connectivity index (χ2n) is 4.45. The summed E-state index contributed by atoms with van der Waals surface area (Å²) in [6.45, 7) is 3.67. The van der Waals surface area contributed by atoms with E-state index in [0.29, 0.717) is 6.04 Å². The molecule has 4 nitrogen and oxygen atoms in total. The van der Waals surface area contributed by atoms with Gasteiger partial charge in [0.25, 0.3) is 0 Å². The highest BCUT2D eigenvalue weighted by atomic mass is 16.5. The summed E-state index contributed by atoms with van der Waals surface area (Å²) in [5, 5.41) is 12.1. The lowest BCUT2D eigenvalue weighted by molar-refractivity contribution is -0.136. The summed E-state index contributed by atoms with van der Waals surface area (Å²) in [7, 11) is 1.70. The summed E-state index contributed by atoms with van der Waals surface area (Å²) in [4.78, 5) is 10.5. The average Bonchev–Trinajstić information content (AvgIpc) is 2.35. The molecule has 0 heterocycles. The molecule has 100 valence electrons. The van der Waals surface area contributed by atoms with Crippen molar-refractivity contribution in [3.05, 3.63) is 35.4 Å². The van der Waals surface area contributed by atoms with Gasteiger partial charge in [-0.05, 0) is 24.5 Å². The number of carboxylic acid groups (broad SMARTS) is 1. The maximum absolute atomic E-state index is 10.5. The molecule has 1 rings (SSSR count). The van der Waals surface area contributed by atoms with E-state index in [9.17, 15) is 4.79 Å². The first kappa shape index (κ1) is 14.7. The maximum atomic E-state index is 10.5. The Morgan fingerprint density at radius 2 is 1.94 bits per heavy atom. The zero-order chi connectivity index (χ0) is 13.4. The van der Waals surface area contributed by atoms with Gasteiger partial charge < -0.3 is 15.2 Å². The summed E-state index contributed by atoms with van der Waals surface area (Å²) >= 11 is 0. The number of ether oxygens (including phenoxy) is 1. The van der Waals surface area contributed by atoms with Gasteiger partial charge in [0.15, 0.2) is 0 Å². The predicted molar refractivity (Wildman–Crippen MR) is 70.6 cm³/mol. The summed E-state index contributed by atoms with van der Waals surface area (Å²) in [6, 6.07) is 8.07. The van der Waals surface area contributed by atoms with E-state index >= 15 is 0 Å². The molecule has 1 aromatic rings. The molecule has 0 aliphatic carbocycles. The van der Waals surface area contributed by atoms with E-state index in [2.05, 4.69) is 12.2 Å². The molecule has 18 heavy (non-hydrogen) atoms. The Morgan fingerprint density at radius 1 is 1.33 bits per heavy atom. The van der Waals surface area contributed by atoms with Gasteiger partial charge in [-0.15, -0.1) is 0 Å². The molecule has 0 aliphatic rings. The number of hydrogen-bond donors (Lipinski definition) is 2. The van der Waals surface area contributed by atoms with Crippen molar-refractivity contribution >= 4 is 5.97 Å². The van der Waals surface area contributed by atoms with Crippen molar-refractivity contribution < 1.29 is 14.6 Å². The summed E-state index contributed by atoms with van der Waals surface area (Å²) in [5.74, 6) is -0.797. The number of methoxy groups -OCH3 is 1. The van der Waals surface area contributed by atoms with E-state index in [1.54, 1.807) is 7.11 Å². The van der Waals surface area contributed by atoms with Crippen LogP contribution in [0.15, 0.2) is 24.3 Å². The molecule has 1 unspecified atom stereocenters. The average molecular weight is 251 g/mol. The monoisotopic (exact) mass is 251 g/mol. The summed E-state index contributed by atoms with van der Waals surface area (Å²) < 4.78 is 5.02. The lowest BCUT2D eigenvalue weighted by Crippen LogP contribution is -2.26. The highest BCUT2D eigenvalue weighted by Gasteiger charge is 2.02. The fraction of sp³-hybridized carbons (Fsp3) is 0.500. The number of rotatable bonds is 8. The Bertz CT molecular complexity index is 362. The molecule has 1 aromatic carbocycles. The first-order valence-corrected chi connectivity index (χ1v) is 6.13. The molecule has 1 atom stereocenters. The number of carbonyl (C=O) groups is 1. The molecule has 0 radical (unpaired) electrons. The molecule has 0 amide bonds. The van der Waals surface area contributed by atoms with Gasteiger partial charge in [0, 0.05) is 26.3 Å². The van der Waals surface area contributed by atoms with Crippen molar-refractivity contribution in [3.8, 4) is 0 Å². The van der Waals surface area contributed by atoms with Gasteiger partial charge >= 0.3 is 5.97 Å². The van der Waals surface area contributed by atoms with Crippen LogP contribution in [0.5, 0.6) is 0 Å². The Morgan fingerprint density at radius 3 is 2.50 bits per heavy atom. The van der Waals surface area contributed by atoms with E-state index in [0.717, 1.165) is 30.7 Å². The fourth-order valence-electron chi connectivity index (χ4n) is 1.64. The third kappa shape index (κ3) is 5.80. The maximum Gasteiger partial charge on any atom is 0.307 e. The quantitative estimate of drug-likeness (QED) is 0.740. The first-order chi connectivity index (χ1) is 8.61. The lowest BCUT2D eigenvalue weighted by atomic mass is 10.1. The zero-order valence-electron chi connectivity index (χ0n) is 11.0. The van der Waals surface area contributed by atoms with Crippen LogP contribution in [0, 0.1) is 0 Å². The lowest BCUT2D eigenvalue weighted by Gasteiger charge is -2.13. The fourth-order valence-corrected chi connectivity index (χ4v) is 1.64. The molecule has 0 aliphatic heterocycles. The van der Waals surface area contributed by atoms with Crippen LogP contribution in [-0.4, -0.2) is 30.8 Å². The smallest absolute Gasteiger partial charge is 0.307 e. The molecule has 0 fully saturated rings.